The zero-order valence-electron chi connectivity index (χ0n) is 13.9. The van der Waals surface area contributed by atoms with Gasteiger partial charge in [0.1, 0.15) is 0 Å². The lowest BCUT2D eigenvalue weighted by Crippen LogP contribution is -2.33. The van der Waals surface area contributed by atoms with Crippen molar-refractivity contribution in [1.82, 2.24) is 4.31 Å². The summed E-state index contributed by atoms with van der Waals surface area (Å²) in [6, 6.07) is 2.36. The Kier molecular flexibility index (Phi) is 6.00. The Morgan fingerprint density at radius 1 is 1.12 bits per heavy atom. The van der Waals surface area contributed by atoms with Gasteiger partial charge < -0.3 is 9.47 Å². The van der Waals surface area contributed by atoms with Crippen molar-refractivity contribution in [3.05, 3.63) is 22.2 Å². The number of hydrogen-bond donors (Lipinski definition) is 0. The first kappa shape index (κ1) is 18.5. The highest BCUT2D eigenvalue weighted by Crippen LogP contribution is 2.39. The van der Waals surface area contributed by atoms with Gasteiger partial charge in [-0.3, -0.25) is 10.1 Å². The van der Waals surface area contributed by atoms with E-state index in [2.05, 4.69) is 0 Å². The second kappa shape index (κ2) is 7.80. The summed E-state index contributed by atoms with van der Waals surface area (Å²) in [7, 11) is -3.99. The maximum Gasteiger partial charge on any atom is 0.293 e. The molecular formula is C15H22N2O6S. The molecule has 0 aliphatic carbocycles. The highest BCUT2D eigenvalue weighted by molar-refractivity contribution is 7.89. The van der Waals surface area contributed by atoms with Gasteiger partial charge in [0, 0.05) is 25.6 Å². The first-order chi connectivity index (χ1) is 11.4. The maximum atomic E-state index is 12.9. The summed E-state index contributed by atoms with van der Waals surface area (Å²) < 4.78 is 38.1. The van der Waals surface area contributed by atoms with Crippen LogP contribution in [-0.4, -0.2) is 43.9 Å². The minimum absolute atomic E-state index is 0.204. The highest BCUT2D eigenvalue weighted by Gasteiger charge is 2.33. The van der Waals surface area contributed by atoms with E-state index in [-0.39, 0.29) is 16.4 Å². The van der Waals surface area contributed by atoms with Crippen LogP contribution in [-0.2, 0) is 10.0 Å². The van der Waals surface area contributed by atoms with E-state index in [4.69, 9.17) is 9.47 Å². The van der Waals surface area contributed by atoms with E-state index in [1.54, 1.807) is 0 Å². The molecule has 0 saturated carbocycles. The first-order valence-corrected chi connectivity index (χ1v) is 9.44. The lowest BCUT2D eigenvalue weighted by atomic mass is 10.3. The molecule has 0 bridgehead atoms. The van der Waals surface area contributed by atoms with Crippen LogP contribution in [0.5, 0.6) is 11.5 Å². The quantitative estimate of drug-likeness (QED) is 0.549. The number of hydrogen-bond acceptors (Lipinski definition) is 6. The van der Waals surface area contributed by atoms with Crippen LogP contribution in [0.15, 0.2) is 17.0 Å². The molecule has 24 heavy (non-hydrogen) atoms. The van der Waals surface area contributed by atoms with Gasteiger partial charge in [0.15, 0.2) is 16.4 Å². The third kappa shape index (κ3) is 3.78. The molecule has 134 valence electrons. The summed E-state index contributed by atoms with van der Waals surface area (Å²) in [6.07, 6.45) is 1.87. The maximum absolute atomic E-state index is 12.9. The topological polar surface area (TPSA) is 99.0 Å². The van der Waals surface area contributed by atoms with Gasteiger partial charge in [-0.2, -0.15) is 4.31 Å². The summed E-state index contributed by atoms with van der Waals surface area (Å²) in [6.45, 7) is 5.08. The molecule has 0 N–H and O–H groups in total. The summed E-state index contributed by atoms with van der Waals surface area (Å²) in [5, 5.41) is 11.4. The molecule has 1 aromatic rings. The van der Waals surface area contributed by atoms with Crippen molar-refractivity contribution < 1.29 is 22.8 Å². The molecular weight excluding hydrogens is 336 g/mol. The van der Waals surface area contributed by atoms with Crippen molar-refractivity contribution in [2.75, 3.05) is 26.3 Å². The second-order valence-corrected chi connectivity index (χ2v) is 7.38. The molecule has 1 aromatic carbocycles. The van der Waals surface area contributed by atoms with Gasteiger partial charge in [0.2, 0.25) is 10.0 Å². The fourth-order valence-electron chi connectivity index (χ4n) is 2.52. The van der Waals surface area contributed by atoms with Crippen LogP contribution >= 0.6 is 0 Å². The van der Waals surface area contributed by atoms with Crippen molar-refractivity contribution in [2.24, 2.45) is 0 Å². The molecule has 0 spiro atoms. The molecule has 0 fully saturated rings. The number of benzene rings is 1. The van der Waals surface area contributed by atoms with Crippen LogP contribution in [0.25, 0.3) is 0 Å². The van der Waals surface area contributed by atoms with Gasteiger partial charge in [-0.15, -0.1) is 0 Å². The van der Waals surface area contributed by atoms with E-state index in [0.29, 0.717) is 45.6 Å². The molecule has 2 rings (SSSR count). The van der Waals surface area contributed by atoms with Gasteiger partial charge >= 0.3 is 0 Å². The fraction of sp³-hybridized carbons (Fsp3) is 0.600. The summed E-state index contributed by atoms with van der Waals surface area (Å²) in [4.78, 5) is 10.4. The van der Waals surface area contributed by atoms with Crippen molar-refractivity contribution in [3.8, 4) is 11.5 Å². The molecule has 8 nitrogen and oxygen atoms in total. The monoisotopic (exact) mass is 358 g/mol. The second-order valence-electron chi connectivity index (χ2n) is 5.48. The largest absolute Gasteiger partial charge is 0.490 e. The minimum atomic E-state index is -3.99. The third-order valence-corrected chi connectivity index (χ3v) is 5.52. The van der Waals surface area contributed by atoms with Crippen LogP contribution in [0.1, 0.15) is 33.1 Å². The van der Waals surface area contributed by atoms with E-state index >= 15 is 0 Å². The first-order valence-electron chi connectivity index (χ1n) is 8.00. The number of nitrogens with zero attached hydrogens (tertiary/aromatic N) is 2. The predicted octanol–water partition coefficient (Wildman–Crippen LogP) is 2.57. The molecule has 0 amide bonds. The average Bonchev–Trinajstić information content (AvgIpc) is 2.78. The molecule has 1 heterocycles. The number of sulfonamides is 1. The summed E-state index contributed by atoms with van der Waals surface area (Å²) >= 11 is 0. The van der Waals surface area contributed by atoms with Crippen LogP contribution in [0.2, 0.25) is 0 Å². The van der Waals surface area contributed by atoms with Crippen LogP contribution < -0.4 is 9.47 Å². The Bertz CT molecular complexity index is 698. The Hall–Kier alpha value is -1.87. The number of nitro benzene ring substituents is 1. The van der Waals surface area contributed by atoms with Crippen LogP contribution in [0.3, 0.4) is 0 Å². The molecule has 1 aliphatic heterocycles. The lowest BCUT2D eigenvalue weighted by Gasteiger charge is -2.21. The lowest BCUT2D eigenvalue weighted by molar-refractivity contribution is -0.388. The Balaban J connectivity index is 2.58. The van der Waals surface area contributed by atoms with E-state index in [1.807, 2.05) is 13.8 Å². The Labute approximate surface area is 141 Å². The van der Waals surface area contributed by atoms with E-state index in [0.717, 1.165) is 6.07 Å². The normalized spacial score (nSPS) is 14.5. The van der Waals surface area contributed by atoms with Gasteiger partial charge in [-0.1, -0.05) is 13.8 Å². The zero-order valence-corrected chi connectivity index (χ0v) is 14.7. The molecule has 0 saturated heterocycles. The van der Waals surface area contributed by atoms with Gasteiger partial charge in [0.25, 0.3) is 5.69 Å². The molecule has 9 heteroatoms. The van der Waals surface area contributed by atoms with Crippen molar-refractivity contribution in [3.63, 3.8) is 0 Å². The van der Waals surface area contributed by atoms with E-state index in [1.165, 1.54) is 10.4 Å². The molecule has 0 radical (unpaired) electrons. The van der Waals surface area contributed by atoms with Crippen molar-refractivity contribution in [1.29, 1.82) is 0 Å². The zero-order chi connectivity index (χ0) is 17.7. The van der Waals surface area contributed by atoms with Crippen molar-refractivity contribution in [2.45, 2.75) is 38.0 Å². The minimum Gasteiger partial charge on any atom is -0.490 e. The fourth-order valence-corrected chi connectivity index (χ4v) is 4.30. The average molecular weight is 358 g/mol. The molecule has 1 aliphatic rings. The molecule has 0 unspecified atom stereocenters. The van der Waals surface area contributed by atoms with Crippen LogP contribution in [0.4, 0.5) is 5.69 Å². The Morgan fingerprint density at radius 2 is 1.67 bits per heavy atom. The highest BCUT2D eigenvalue weighted by atomic mass is 32.2. The molecule has 0 atom stereocenters. The number of nitro groups is 1. The van der Waals surface area contributed by atoms with Crippen LogP contribution in [0, 0.1) is 10.1 Å². The van der Waals surface area contributed by atoms with E-state index in [9.17, 15) is 18.5 Å². The molecule has 0 aromatic heterocycles. The Morgan fingerprint density at radius 3 is 2.17 bits per heavy atom. The third-order valence-electron chi connectivity index (χ3n) is 3.59. The number of fused-ring (bicyclic) bond motifs is 1. The SMILES string of the molecule is CCCN(CCC)S(=O)(=O)c1cc2c(cc1[N+](=O)[O-])OCCCO2. The smallest absolute Gasteiger partial charge is 0.293 e. The standard InChI is InChI=1S/C15H22N2O6S/c1-3-6-16(7-4-2)24(20,21)15-11-14-13(10-12(15)17(18)19)22-8-5-9-23-14/h10-11H,3-9H2,1-2H3. The summed E-state index contributed by atoms with van der Waals surface area (Å²) in [5.41, 5.74) is -0.489. The van der Waals surface area contributed by atoms with Gasteiger partial charge in [-0.25, -0.2) is 8.42 Å². The summed E-state index contributed by atoms with van der Waals surface area (Å²) in [5.74, 6) is 0.431. The predicted molar refractivity (Wildman–Crippen MR) is 88.0 cm³/mol. The van der Waals surface area contributed by atoms with E-state index < -0.39 is 20.6 Å². The number of rotatable bonds is 7. The van der Waals surface area contributed by atoms with Crippen molar-refractivity contribution >= 4 is 15.7 Å². The van der Waals surface area contributed by atoms with Gasteiger partial charge in [0.05, 0.1) is 24.2 Å². The number of ether oxygens (including phenoxy) is 2. The van der Waals surface area contributed by atoms with Gasteiger partial charge in [-0.05, 0) is 12.8 Å².